The van der Waals surface area contributed by atoms with E-state index in [1.807, 2.05) is 0 Å². The van der Waals surface area contributed by atoms with Gasteiger partial charge in [0, 0.05) is 38.4 Å². The van der Waals surface area contributed by atoms with Gasteiger partial charge in [0.25, 0.3) is 0 Å². The zero-order valence-corrected chi connectivity index (χ0v) is 18.8. The van der Waals surface area contributed by atoms with Gasteiger partial charge in [-0.2, -0.15) is 0 Å². The van der Waals surface area contributed by atoms with Crippen LogP contribution in [0.2, 0.25) is 0 Å². The Morgan fingerprint density at radius 3 is 2.44 bits per heavy atom. The number of hydrogen-bond donors (Lipinski definition) is 1. The average Bonchev–Trinajstić information content (AvgIpc) is 3.33. The molecular formula is C26H27F2N3O3. The highest BCUT2D eigenvalue weighted by Gasteiger charge is 2.27. The molecule has 8 heteroatoms. The van der Waals surface area contributed by atoms with E-state index in [4.69, 9.17) is 4.42 Å². The first-order chi connectivity index (χ1) is 16.5. The van der Waals surface area contributed by atoms with Gasteiger partial charge in [0.2, 0.25) is 11.8 Å². The lowest BCUT2D eigenvalue weighted by molar-refractivity contribution is -0.135. The fraction of sp³-hybridized carbons (Fsp3) is 0.346. The molecule has 0 unspecified atom stereocenters. The maximum absolute atomic E-state index is 13.9. The van der Waals surface area contributed by atoms with E-state index in [0.29, 0.717) is 68.1 Å². The largest absolute Gasteiger partial charge is 0.441 e. The highest BCUT2D eigenvalue weighted by Crippen LogP contribution is 2.24. The molecule has 0 bridgehead atoms. The van der Waals surface area contributed by atoms with Crippen LogP contribution in [-0.2, 0) is 22.4 Å². The highest BCUT2D eigenvalue weighted by atomic mass is 19.1. The second-order valence-electron chi connectivity index (χ2n) is 8.39. The van der Waals surface area contributed by atoms with Gasteiger partial charge < -0.3 is 14.6 Å². The number of hydrogen-bond acceptors (Lipinski definition) is 4. The maximum atomic E-state index is 13.9. The van der Waals surface area contributed by atoms with Crippen molar-refractivity contribution in [2.45, 2.75) is 32.1 Å². The van der Waals surface area contributed by atoms with Crippen LogP contribution in [0, 0.1) is 17.6 Å². The summed E-state index contributed by atoms with van der Waals surface area (Å²) in [6.07, 6.45) is 3.64. The number of carbonyl (C=O) groups excluding carboxylic acids is 2. The smallest absolute Gasteiger partial charge is 0.223 e. The van der Waals surface area contributed by atoms with Crippen molar-refractivity contribution < 1.29 is 22.8 Å². The Labute approximate surface area is 197 Å². The van der Waals surface area contributed by atoms with Crippen molar-refractivity contribution in [1.82, 2.24) is 15.2 Å². The topological polar surface area (TPSA) is 75.4 Å². The van der Waals surface area contributed by atoms with Crippen molar-refractivity contribution in [2.24, 2.45) is 5.92 Å². The van der Waals surface area contributed by atoms with E-state index < -0.39 is 0 Å². The number of piperidine rings is 1. The molecule has 2 heterocycles. The van der Waals surface area contributed by atoms with Gasteiger partial charge in [-0.25, -0.2) is 13.8 Å². The van der Waals surface area contributed by atoms with Crippen LogP contribution in [0.15, 0.2) is 59.1 Å². The molecule has 1 aliphatic rings. The van der Waals surface area contributed by atoms with Crippen molar-refractivity contribution in [3.05, 3.63) is 77.8 Å². The molecule has 1 N–H and O–H groups in total. The normalized spacial score (nSPS) is 14.2. The Balaban J connectivity index is 1.18. The number of benzene rings is 2. The van der Waals surface area contributed by atoms with E-state index in [0.717, 1.165) is 0 Å². The second-order valence-corrected chi connectivity index (χ2v) is 8.39. The molecule has 0 saturated carbocycles. The number of oxazole rings is 1. The summed E-state index contributed by atoms with van der Waals surface area (Å²) in [6, 6.07) is 12.8. The fourth-order valence-corrected chi connectivity index (χ4v) is 4.14. The number of nitrogens with one attached hydrogen (secondary N) is 1. The van der Waals surface area contributed by atoms with Crippen molar-refractivity contribution in [1.29, 1.82) is 0 Å². The van der Waals surface area contributed by atoms with Crippen LogP contribution in [0.4, 0.5) is 8.78 Å². The van der Waals surface area contributed by atoms with Gasteiger partial charge in [-0.05, 0) is 43.0 Å². The fourth-order valence-electron chi connectivity index (χ4n) is 4.14. The minimum atomic E-state index is -0.389. The standard InChI is InChI=1S/C26H27F2N3O3/c27-21-7-3-1-5-18(21)11-14-29-26(33)19-12-15-31(16-13-19)25(32)10-9-24-30-17-23(34-24)20-6-2-4-8-22(20)28/h1-8,17,19H,9-16H2,(H,29,33). The molecule has 2 amide bonds. The third-order valence-corrected chi connectivity index (χ3v) is 6.12. The van der Waals surface area contributed by atoms with Crippen LogP contribution in [0.5, 0.6) is 0 Å². The molecule has 0 atom stereocenters. The van der Waals surface area contributed by atoms with E-state index in [-0.39, 0.29) is 35.8 Å². The monoisotopic (exact) mass is 467 g/mol. The molecular weight excluding hydrogens is 440 g/mol. The molecule has 6 nitrogen and oxygen atoms in total. The first kappa shape index (κ1) is 23.6. The number of aryl methyl sites for hydroxylation is 1. The van der Waals surface area contributed by atoms with Crippen molar-refractivity contribution in [3.8, 4) is 11.3 Å². The summed E-state index contributed by atoms with van der Waals surface area (Å²) in [6.45, 7) is 1.40. The number of carbonyl (C=O) groups is 2. The van der Waals surface area contributed by atoms with Crippen LogP contribution < -0.4 is 5.32 Å². The van der Waals surface area contributed by atoms with Gasteiger partial charge in [-0.1, -0.05) is 30.3 Å². The van der Waals surface area contributed by atoms with Gasteiger partial charge in [0.05, 0.1) is 11.8 Å². The first-order valence-corrected chi connectivity index (χ1v) is 11.5. The number of aromatic nitrogens is 1. The Morgan fingerprint density at radius 1 is 1.00 bits per heavy atom. The summed E-state index contributed by atoms with van der Waals surface area (Å²) < 4.78 is 33.2. The molecule has 0 spiro atoms. The van der Waals surface area contributed by atoms with Crippen LogP contribution >= 0.6 is 0 Å². The molecule has 1 aromatic heterocycles. The molecule has 3 aromatic rings. The number of likely N-dealkylation sites (tertiary alicyclic amines) is 1. The summed E-state index contributed by atoms with van der Waals surface area (Å²) in [5, 5.41) is 2.88. The van der Waals surface area contributed by atoms with Gasteiger partial charge in [0.15, 0.2) is 11.7 Å². The zero-order chi connectivity index (χ0) is 23.9. The lowest BCUT2D eigenvalue weighted by Crippen LogP contribution is -2.43. The Bertz CT molecular complexity index is 1140. The van der Waals surface area contributed by atoms with Gasteiger partial charge in [0.1, 0.15) is 11.6 Å². The average molecular weight is 468 g/mol. The van der Waals surface area contributed by atoms with Crippen LogP contribution in [0.3, 0.4) is 0 Å². The third kappa shape index (κ3) is 5.87. The van der Waals surface area contributed by atoms with Crippen molar-refractivity contribution in [2.75, 3.05) is 19.6 Å². The SMILES string of the molecule is O=C(NCCc1ccccc1F)C1CCN(C(=O)CCc2ncc(-c3ccccc3F)o2)CC1. The quantitative estimate of drug-likeness (QED) is 0.540. The molecule has 0 radical (unpaired) electrons. The van der Waals surface area contributed by atoms with Crippen LogP contribution in [0.1, 0.15) is 30.7 Å². The molecule has 1 fully saturated rings. The predicted molar refractivity (Wildman–Crippen MR) is 123 cm³/mol. The molecule has 2 aromatic carbocycles. The number of nitrogens with zero attached hydrogens (tertiary/aromatic N) is 2. The van der Waals surface area contributed by atoms with E-state index >= 15 is 0 Å². The molecule has 1 aliphatic heterocycles. The lowest BCUT2D eigenvalue weighted by Gasteiger charge is -2.31. The number of amides is 2. The predicted octanol–water partition coefficient (Wildman–Crippen LogP) is 4.15. The zero-order valence-electron chi connectivity index (χ0n) is 18.8. The molecule has 4 rings (SSSR count). The molecule has 0 aliphatic carbocycles. The Hall–Kier alpha value is -3.55. The summed E-state index contributed by atoms with van der Waals surface area (Å²) in [5.41, 5.74) is 0.914. The summed E-state index contributed by atoms with van der Waals surface area (Å²) in [7, 11) is 0. The minimum absolute atomic E-state index is 0.0240. The Morgan fingerprint density at radius 2 is 1.71 bits per heavy atom. The molecule has 178 valence electrons. The third-order valence-electron chi connectivity index (χ3n) is 6.12. The van der Waals surface area contributed by atoms with E-state index in [9.17, 15) is 18.4 Å². The summed E-state index contributed by atoms with van der Waals surface area (Å²) in [5.74, 6) is -0.164. The highest BCUT2D eigenvalue weighted by molar-refractivity contribution is 5.80. The Kier molecular flexibility index (Phi) is 7.67. The lowest BCUT2D eigenvalue weighted by atomic mass is 9.95. The second kappa shape index (κ2) is 11.0. The van der Waals surface area contributed by atoms with Crippen molar-refractivity contribution in [3.63, 3.8) is 0 Å². The minimum Gasteiger partial charge on any atom is -0.441 e. The van der Waals surface area contributed by atoms with Crippen LogP contribution in [-0.4, -0.2) is 41.3 Å². The number of halogens is 2. The van der Waals surface area contributed by atoms with Gasteiger partial charge in [-0.3, -0.25) is 9.59 Å². The van der Waals surface area contributed by atoms with E-state index in [2.05, 4.69) is 10.3 Å². The van der Waals surface area contributed by atoms with Gasteiger partial charge in [-0.15, -0.1) is 0 Å². The summed E-state index contributed by atoms with van der Waals surface area (Å²) >= 11 is 0. The van der Waals surface area contributed by atoms with Crippen LogP contribution in [0.25, 0.3) is 11.3 Å². The molecule has 1 saturated heterocycles. The van der Waals surface area contributed by atoms with Gasteiger partial charge >= 0.3 is 0 Å². The number of rotatable bonds is 8. The first-order valence-electron chi connectivity index (χ1n) is 11.5. The summed E-state index contributed by atoms with van der Waals surface area (Å²) in [4.78, 5) is 31.0. The molecule has 34 heavy (non-hydrogen) atoms. The maximum Gasteiger partial charge on any atom is 0.223 e. The van der Waals surface area contributed by atoms with Crippen molar-refractivity contribution >= 4 is 11.8 Å². The van der Waals surface area contributed by atoms with E-state index in [1.165, 1.54) is 18.3 Å². The van der Waals surface area contributed by atoms with E-state index in [1.54, 1.807) is 41.3 Å².